The number of ether oxygens (including phenoxy) is 2. The summed E-state index contributed by atoms with van der Waals surface area (Å²) in [5.74, 6) is 1.68. The van der Waals surface area contributed by atoms with E-state index >= 15 is 0 Å². The van der Waals surface area contributed by atoms with Crippen molar-refractivity contribution >= 4 is 23.4 Å². The van der Waals surface area contributed by atoms with Crippen LogP contribution in [0.15, 0.2) is 35.2 Å². The third kappa shape index (κ3) is 4.46. The molecule has 6 nitrogen and oxygen atoms in total. The van der Waals surface area contributed by atoms with Gasteiger partial charge in [-0.25, -0.2) is 0 Å². The van der Waals surface area contributed by atoms with E-state index in [1.54, 1.807) is 11.8 Å². The maximum absolute atomic E-state index is 10.7. The number of hydrogen-bond donors (Lipinski definition) is 4. The van der Waals surface area contributed by atoms with Crippen LogP contribution in [0.5, 0.6) is 5.75 Å². The molecule has 2 heterocycles. The third-order valence-electron chi connectivity index (χ3n) is 5.84. The maximum Gasteiger partial charge on any atom is 0.119 e. The fourth-order valence-corrected chi connectivity index (χ4v) is 5.82. The lowest BCUT2D eigenvalue weighted by Gasteiger charge is -2.41. The second kappa shape index (κ2) is 9.67. The molecule has 0 radical (unpaired) electrons. The molecule has 4 N–H and O–H groups in total. The second-order valence-electron chi connectivity index (χ2n) is 7.85. The molecule has 5 atom stereocenters. The Bertz CT molecular complexity index is 919. The molecule has 2 aliphatic rings. The van der Waals surface area contributed by atoms with E-state index in [1.165, 1.54) is 0 Å². The summed E-state index contributed by atoms with van der Waals surface area (Å²) in [6.45, 7) is 2.09. The van der Waals surface area contributed by atoms with Crippen LogP contribution < -0.4 is 4.74 Å². The molecule has 0 spiro atoms. The number of benzene rings is 2. The zero-order valence-corrected chi connectivity index (χ0v) is 18.8. The van der Waals surface area contributed by atoms with Gasteiger partial charge in [-0.15, -0.1) is 11.8 Å². The van der Waals surface area contributed by atoms with Gasteiger partial charge in [0.05, 0.1) is 13.2 Å². The summed E-state index contributed by atoms with van der Waals surface area (Å²) in [7, 11) is 0. The van der Waals surface area contributed by atoms with Crippen molar-refractivity contribution in [2.24, 2.45) is 0 Å². The molecule has 4 rings (SSSR count). The van der Waals surface area contributed by atoms with Gasteiger partial charge < -0.3 is 29.9 Å². The van der Waals surface area contributed by atoms with Crippen molar-refractivity contribution in [2.75, 3.05) is 19.0 Å². The largest absolute Gasteiger partial charge is 0.494 e. The van der Waals surface area contributed by atoms with Gasteiger partial charge in [0, 0.05) is 15.7 Å². The lowest BCUT2D eigenvalue weighted by molar-refractivity contribution is -0.232. The molecule has 1 saturated heterocycles. The molecule has 2 aliphatic heterocycles. The molecule has 0 aliphatic carbocycles. The van der Waals surface area contributed by atoms with Gasteiger partial charge in [-0.2, -0.15) is 0 Å². The molecule has 1 fully saturated rings. The Balaban J connectivity index is 1.70. The highest BCUT2D eigenvalue weighted by Gasteiger charge is 2.45. The van der Waals surface area contributed by atoms with Crippen LogP contribution in [-0.4, -0.2) is 63.8 Å². The van der Waals surface area contributed by atoms with Crippen molar-refractivity contribution in [3.63, 3.8) is 0 Å². The van der Waals surface area contributed by atoms with E-state index in [1.807, 2.05) is 37.3 Å². The summed E-state index contributed by atoms with van der Waals surface area (Å²) in [6, 6.07) is 9.76. The van der Waals surface area contributed by atoms with Gasteiger partial charge in [0.15, 0.2) is 0 Å². The molecule has 2 aromatic carbocycles. The van der Waals surface area contributed by atoms with E-state index in [-0.39, 0.29) is 0 Å². The zero-order valence-electron chi connectivity index (χ0n) is 17.2. The average Bonchev–Trinajstić information content (AvgIpc) is 3.27. The highest BCUT2D eigenvalue weighted by atomic mass is 35.5. The van der Waals surface area contributed by atoms with Crippen molar-refractivity contribution in [1.29, 1.82) is 0 Å². The summed E-state index contributed by atoms with van der Waals surface area (Å²) in [5.41, 5.74) is 3.72. The van der Waals surface area contributed by atoms with Crippen molar-refractivity contribution in [3.05, 3.63) is 57.6 Å². The Morgan fingerprint density at radius 1 is 1.13 bits per heavy atom. The number of aliphatic hydroxyl groups excluding tert-OH is 4. The Labute approximate surface area is 190 Å². The molecule has 0 bridgehead atoms. The van der Waals surface area contributed by atoms with E-state index in [9.17, 15) is 20.4 Å². The van der Waals surface area contributed by atoms with Gasteiger partial charge in [0.25, 0.3) is 0 Å². The number of aliphatic hydroxyl groups is 4. The first kappa shape index (κ1) is 22.9. The SMILES string of the molecule is CCOc1ccc(Cc2cc(C3OC(CO)C(O)C(O)C3O)c3c(c2Cl)CCS3)cc1. The van der Waals surface area contributed by atoms with Crippen LogP contribution >= 0.6 is 23.4 Å². The normalized spacial score (nSPS) is 27.9. The Hall–Kier alpha value is -1.32. The summed E-state index contributed by atoms with van der Waals surface area (Å²) >= 11 is 8.41. The minimum Gasteiger partial charge on any atom is -0.494 e. The minimum atomic E-state index is -1.41. The monoisotopic (exact) mass is 466 g/mol. The second-order valence-corrected chi connectivity index (χ2v) is 9.33. The Morgan fingerprint density at radius 3 is 2.55 bits per heavy atom. The first-order valence-corrected chi connectivity index (χ1v) is 11.8. The number of thioether (sulfide) groups is 1. The van der Waals surface area contributed by atoms with Crippen LogP contribution in [0, 0.1) is 0 Å². The first-order valence-electron chi connectivity index (χ1n) is 10.4. The smallest absolute Gasteiger partial charge is 0.119 e. The van der Waals surface area contributed by atoms with Crippen molar-refractivity contribution in [1.82, 2.24) is 0 Å². The Morgan fingerprint density at radius 2 is 1.87 bits per heavy atom. The quantitative estimate of drug-likeness (QED) is 0.519. The van der Waals surface area contributed by atoms with Gasteiger partial charge in [-0.3, -0.25) is 0 Å². The van der Waals surface area contributed by atoms with Gasteiger partial charge >= 0.3 is 0 Å². The maximum atomic E-state index is 10.7. The fourth-order valence-electron chi connectivity index (χ4n) is 4.22. The number of rotatable bonds is 6. The minimum absolute atomic E-state index is 0.455. The van der Waals surface area contributed by atoms with Crippen LogP contribution in [0.25, 0.3) is 0 Å². The molecule has 168 valence electrons. The van der Waals surface area contributed by atoms with Crippen LogP contribution in [0.1, 0.15) is 35.3 Å². The highest BCUT2D eigenvalue weighted by Crippen LogP contribution is 2.46. The summed E-state index contributed by atoms with van der Waals surface area (Å²) < 4.78 is 11.4. The fraction of sp³-hybridized carbons (Fsp3) is 0.478. The van der Waals surface area contributed by atoms with Gasteiger partial charge in [-0.1, -0.05) is 29.8 Å². The first-order chi connectivity index (χ1) is 14.9. The number of halogens is 1. The van der Waals surface area contributed by atoms with Gasteiger partial charge in [-0.05, 0) is 54.2 Å². The standard InChI is InChI=1S/C23H27ClO6S/c1-2-29-14-5-3-12(4-6-14)9-13-10-16(23-15(18(13)24)7-8-31-23)22-21(28)20(27)19(26)17(11-25)30-22/h3-6,10,17,19-22,25-28H,2,7-9,11H2,1H3. The van der Waals surface area contributed by atoms with E-state index in [0.717, 1.165) is 45.1 Å². The van der Waals surface area contributed by atoms with Crippen LogP contribution in [0.4, 0.5) is 0 Å². The molecule has 31 heavy (non-hydrogen) atoms. The predicted molar refractivity (Wildman–Crippen MR) is 119 cm³/mol. The summed E-state index contributed by atoms with van der Waals surface area (Å²) in [6.07, 6.45) is -4.53. The average molecular weight is 467 g/mol. The van der Waals surface area contributed by atoms with Gasteiger partial charge in [0.1, 0.15) is 36.3 Å². The van der Waals surface area contributed by atoms with Crippen molar-refractivity contribution in [2.45, 2.75) is 55.2 Å². The Kier molecular flexibility index (Phi) is 7.13. The molecule has 8 heteroatoms. The predicted octanol–water partition coefficient (Wildman–Crippen LogP) is 2.49. The molecule has 0 saturated carbocycles. The summed E-state index contributed by atoms with van der Waals surface area (Å²) in [5, 5.41) is 41.3. The third-order valence-corrected chi connectivity index (χ3v) is 7.49. The van der Waals surface area contributed by atoms with E-state index < -0.39 is 37.1 Å². The van der Waals surface area contributed by atoms with Crippen LogP contribution in [-0.2, 0) is 17.6 Å². The highest BCUT2D eigenvalue weighted by molar-refractivity contribution is 7.99. The summed E-state index contributed by atoms with van der Waals surface area (Å²) in [4.78, 5) is 0.949. The lowest BCUT2D eigenvalue weighted by atomic mass is 9.88. The van der Waals surface area contributed by atoms with E-state index in [4.69, 9.17) is 21.1 Å². The zero-order chi connectivity index (χ0) is 22.1. The van der Waals surface area contributed by atoms with Crippen molar-refractivity contribution in [3.8, 4) is 5.75 Å². The molecular weight excluding hydrogens is 440 g/mol. The van der Waals surface area contributed by atoms with Crippen LogP contribution in [0.3, 0.4) is 0 Å². The number of hydrogen-bond acceptors (Lipinski definition) is 7. The van der Waals surface area contributed by atoms with Gasteiger partial charge in [0.2, 0.25) is 0 Å². The number of fused-ring (bicyclic) bond motifs is 1. The van der Waals surface area contributed by atoms with E-state index in [2.05, 4.69) is 0 Å². The molecule has 0 amide bonds. The van der Waals surface area contributed by atoms with Crippen molar-refractivity contribution < 1.29 is 29.9 Å². The molecule has 2 aromatic rings. The molecule has 5 unspecified atom stereocenters. The van der Waals surface area contributed by atoms with Crippen LogP contribution in [0.2, 0.25) is 5.02 Å². The molecular formula is C23H27ClO6S. The van der Waals surface area contributed by atoms with E-state index in [0.29, 0.717) is 18.1 Å². The topological polar surface area (TPSA) is 99.4 Å². The lowest BCUT2D eigenvalue weighted by Crippen LogP contribution is -2.55. The molecule has 0 aromatic heterocycles.